The molecule has 1 heterocycles. The average Bonchev–Trinajstić information content (AvgIpc) is 2.87. The summed E-state index contributed by atoms with van der Waals surface area (Å²) in [5.41, 5.74) is 10.3. The molecule has 0 amide bonds. The van der Waals surface area contributed by atoms with Crippen molar-refractivity contribution in [1.29, 1.82) is 0 Å². The summed E-state index contributed by atoms with van der Waals surface area (Å²) >= 11 is 0. The van der Waals surface area contributed by atoms with Crippen LogP contribution in [0.2, 0.25) is 0 Å². The topological polar surface area (TPSA) is 63.6 Å². The minimum absolute atomic E-state index is 0.103. The van der Waals surface area contributed by atoms with Crippen LogP contribution in [0.3, 0.4) is 0 Å². The van der Waals surface area contributed by atoms with Gasteiger partial charge in [-0.15, -0.1) is 0 Å². The van der Waals surface area contributed by atoms with E-state index in [0.29, 0.717) is 24.0 Å². The molecule has 3 rings (SSSR count). The predicted molar refractivity (Wildman–Crippen MR) is 147 cm³/mol. The molecule has 0 aromatic heterocycles. The molecule has 1 aromatic carbocycles. The zero-order valence-electron chi connectivity index (χ0n) is 23.4. The van der Waals surface area contributed by atoms with E-state index < -0.39 is 12.1 Å². The largest absolute Gasteiger partial charge is 0.458 e. The lowest BCUT2D eigenvalue weighted by molar-refractivity contribution is -0.152. The minimum atomic E-state index is -1.48. The molecular formula is C32H41FO4. The molecule has 0 saturated carbocycles. The number of Topliss-reactive ketones (excluding diaryl/α,β-unsaturated/α-hetero) is 1. The van der Waals surface area contributed by atoms with Crippen molar-refractivity contribution in [2.24, 2.45) is 0 Å². The third-order valence-corrected chi connectivity index (χ3v) is 7.79. The summed E-state index contributed by atoms with van der Waals surface area (Å²) in [6.07, 6.45) is 5.69. The molecule has 1 aliphatic carbocycles. The van der Waals surface area contributed by atoms with Crippen molar-refractivity contribution in [2.45, 2.75) is 99.5 Å². The van der Waals surface area contributed by atoms with Crippen LogP contribution in [0.4, 0.5) is 4.39 Å². The number of carbonyl (C=O) groups excluding carboxylic acids is 2. The van der Waals surface area contributed by atoms with Crippen LogP contribution in [-0.4, -0.2) is 29.6 Å². The second kappa shape index (κ2) is 12.2. The van der Waals surface area contributed by atoms with E-state index in [1.165, 1.54) is 16.7 Å². The summed E-state index contributed by atoms with van der Waals surface area (Å²) < 4.78 is 19.7. The second-order valence-corrected chi connectivity index (χ2v) is 10.3. The minimum Gasteiger partial charge on any atom is -0.458 e. The molecule has 0 radical (unpaired) electrons. The number of rotatable bonds is 8. The van der Waals surface area contributed by atoms with Gasteiger partial charge in [-0.2, -0.15) is 0 Å². The lowest BCUT2D eigenvalue weighted by Gasteiger charge is -2.29. The number of ketones is 1. The third kappa shape index (κ3) is 5.72. The van der Waals surface area contributed by atoms with Gasteiger partial charge >= 0.3 is 5.97 Å². The molecule has 0 spiro atoms. The van der Waals surface area contributed by atoms with E-state index in [9.17, 15) is 19.1 Å². The molecule has 5 heteroatoms. The molecule has 0 fully saturated rings. The molecule has 4 nitrogen and oxygen atoms in total. The van der Waals surface area contributed by atoms with Gasteiger partial charge in [0.25, 0.3) is 0 Å². The Kier molecular flexibility index (Phi) is 9.46. The number of hydrogen-bond donors (Lipinski definition) is 1. The van der Waals surface area contributed by atoms with E-state index in [2.05, 4.69) is 20.8 Å². The number of halogens is 1. The smallest absolute Gasteiger partial charge is 0.340 e. The molecule has 200 valence electrons. The molecule has 1 unspecified atom stereocenters. The van der Waals surface area contributed by atoms with Crippen LogP contribution < -0.4 is 0 Å². The van der Waals surface area contributed by atoms with E-state index in [4.69, 9.17) is 4.74 Å². The van der Waals surface area contributed by atoms with E-state index in [-0.39, 0.29) is 18.2 Å². The van der Waals surface area contributed by atoms with E-state index in [1.54, 1.807) is 6.07 Å². The van der Waals surface area contributed by atoms with Crippen molar-refractivity contribution in [3.05, 3.63) is 73.7 Å². The number of carbonyl (C=O) groups is 2. The number of ether oxygens (including phenoxy) is 1. The lowest BCUT2D eigenvalue weighted by atomic mass is 9.76. The van der Waals surface area contributed by atoms with Crippen LogP contribution in [0.25, 0.3) is 5.57 Å². The van der Waals surface area contributed by atoms with Gasteiger partial charge in [-0.05, 0) is 117 Å². The molecule has 1 atom stereocenters. The van der Waals surface area contributed by atoms with E-state index in [1.807, 2.05) is 33.8 Å². The monoisotopic (exact) mass is 508 g/mol. The highest BCUT2D eigenvalue weighted by atomic mass is 19.1. The second-order valence-electron chi connectivity index (χ2n) is 10.3. The first kappa shape index (κ1) is 28.8. The fourth-order valence-electron chi connectivity index (χ4n) is 5.78. The number of benzene rings is 1. The molecule has 2 aliphatic rings. The standard InChI is InChI=1S/C32H41FO4/c1-8-12-28(34)26-17-37-32(36)31(35)25(26)15-19(5)29(18(4)9-2)22(10-3)24-14-11-13-23-21(7)27(33)16-20(6)30(23)24/h15-16,31,35H,8-14,17H2,1-7H3/b19-15+,24-22-,29-18+. The Morgan fingerprint density at radius 1 is 1.16 bits per heavy atom. The van der Waals surface area contributed by atoms with Crippen molar-refractivity contribution in [2.75, 3.05) is 6.61 Å². The summed E-state index contributed by atoms with van der Waals surface area (Å²) in [6, 6.07) is 1.64. The van der Waals surface area contributed by atoms with Crippen LogP contribution in [0.15, 0.2) is 45.6 Å². The van der Waals surface area contributed by atoms with Crippen LogP contribution >= 0.6 is 0 Å². The van der Waals surface area contributed by atoms with Crippen molar-refractivity contribution >= 4 is 17.3 Å². The van der Waals surface area contributed by atoms with Crippen LogP contribution in [-0.2, 0) is 20.7 Å². The highest BCUT2D eigenvalue weighted by Crippen LogP contribution is 2.42. The third-order valence-electron chi connectivity index (χ3n) is 7.79. The maximum absolute atomic E-state index is 14.6. The zero-order valence-corrected chi connectivity index (χ0v) is 23.4. The van der Waals surface area contributed by atoms with Gasteiger partial charge in [0.05, 0.1) is 0 Å². The fourth-order valence-corrected chi connectivity index (χ4v) is 5.78. The number of esters is 1. The molecule has 0 saturated heterocycles. The number of allylic oxidation sites excluding steroid dienone is 5. The summed E-state index contributed by atoms with van der Waals surface area (Å²) in [7, 11) is 0. The van der Waals surface area contributed by atoms with Gasteiger partial charge in [-0.25, -0.2) is 9.18 Å². The normalized spacial score (nSPS) is 20.4. The Hall–Kier alpha value is -2.79. The van der Waals surface area contributed by atoms with Crippen LogP contribution in [0, 0.1) is 19.7 Å². The summed E-state index contributed by atoms with van der Waals surface area (Å²) in [4.78, 5) is 25.1. The number of aliphatic hydroxyl groups is 1. The first-order valence-electron chi connectivity index (χ1n) is 13.6. The van der Waals surface area contributed by atoms with Gasteiger partial charge in [-0.3, -0.25) is 4.79 Å². The van der Waals surface area contributed by atoms with Gasteiger partial charge in [-0.1, -0.05) is 32.4 Å². The summed E-state index contributed by atoms with van der Waals surface area (Å²) in [6.45, 7) is 14.0. The fraction of sp³-hybridized carbons (Fsp3) is 0.500. The maximum atomic E-state index is 14.6. The van der Waals surface area contributed by atoms with E-state index in [0.717, 1.165) is 65.5 Å². The Bertz CT molecular complexity index is 1230. The van der Waals surface area contributed by atoms with Crippen LogP contribution in [0.1, 0.15) is 95.4 Å². The summed E-state index contributed by atoms with van der Waals surface area (Å²) in [5.74, 6) is -0.982. The van der Waals surface area contributed by atoms with Crippen molar-refractivity contribution < 1.29 is 23.8 Å². The van der Waals surface area contributed by atoms with Gasteiger partial charge in [0.15, 0.2) is 11.9 Å². The summed E-state index contributed by atoms with van der Waals surface area (Å²) in [5, 5.41) is 10.7. The average molecular weight is 509 g/mol. The highest BCUT2D eigenvalue weighted by molar-refractivity contribution is 6.00. The number of fused-ring (bicyclic) bond motifs is 1. The molecule has 1 aromatic rings. The zero-order chi connectivity index (χ0) is 27.4. The van der Waals surface area contributed by atoms with Crippen molar-refractivity contribution in [3.8, 4) is 0 Å². The van der Waals surface area contributed by atoms with Gasteiger partial charge in [0.1, 0.15) is 12.4 Å². The van der Waals surface area contributed by atoms with Gasteiger partial charge < -0.3 is 9.84 Å². The van der Waals surface area contributed by atoms with E-state index >= 15 is 0 Å². The highest BCUT2D eigenvalue weighted by Gasteiger charge is 2.32. The predicted octanol–water partition coefficient (Wildman–Crippen LogP) is 7.20. The molecule has 1 aliphatic heterocycles. The lowest BCUT2D eigenvalue weighted by Crippen LogP contribution is -2.33. The Balaban J connectivity index is 2.28. The molecule has 1 N–H and O–H groups in total. The van der Waals surface area contributed by atoms with Gasteiger partial charge in [0.2, 0.25) is 0 Å². The van der Waals surface area contributed by atoms with Gasteiger partial charge in [0, 0.05) is 17.6 Å². The molecule has 0 bridgehead atoms. The number of cyclic esters (lactones) is 1. The molecule has 37 heavy (non-hydrogen) atoms. The van der Waals surface area contributed by atoms with Crippen LogP contribution in [0.5, 0.6) is 0 Å². The Morgan fingerprint density at radius 2 is 1.86 bits per heavy atom. The number of aliphatic hydroxyl groups excluding tert-OH is 1. The number of aryl methyl sites for hydroxylation is 1. The first-order valence-corrected chi connectivity index (χ1v) is 13.6. The SMILES string of the molecule is CCCC(=O)C1=C(/C=C(C)/C(C(/CC)=C2/CCCc3c(C)c(F)cc(C)c32)=C(/C)CC)C(O)C(=O)OC1. The quantitative estimate of drug-likeness (QED) is 0.298. The van der Waals surface area contributed by atoms with Crippen molar-refractivity contribution in [3.63, 3.8) is 0 Å². The Morgan fingerprint density at radius 3 is 2.49 bits per heavy atom. The molecular weight excluding hydrogens is 467 g/mol. The van der Waals surface area contributed by atoms with Crippen molar-refractivity contribution in [1.82, 2.24) is 0 Å². The number of hydrogen-bond acceptors (Lipinski definition) is 4. The maximum Gasteiger partial charge on any atom is 0.340 e. The first-order chi connectivity index (χ1) is 17.6. The Labute approximate surface area is 221 Å².